The quantitative estimate of drug-likeness (QED) is 0.617. The second-order valence-electron chi connectivity index (χ2n) is 3.36. The number of hydrogen-bond donors (Lipinski definition) is 1. The Morgan fingerprint density at radius 3 is 2.17 bits per heavy atom. The van der Waals surface area contributed by atoms with E-state index >= 15 is 0 Å². The average Bonchev–Trinajstić information content (AvgIpc) is 2.05. The van der Waals surface area contributed by atoms with Crippen LogP contribution in [0, 0.1) is 5.92 Å². The van der Waals surface area contributed by atoms with E-state index in [2.05, 4.69) is 13.8 Å². The van der Waals surface area contributed by atoms with Crippen molar-refractivity contribution < 1.29 is 0 Å². The Hall–Kier alpha value is 0.250. The van der Waals surface area contributed by atoms with Gasteiger partial charge in [-0.15, -0.1) is 12.4 Å². The molecule has 0 heterocycles. The van der Waals surface area contributed by atoms with E-state index in [0.717, 1.165) is 12.5 Å². The molecule has 0 spiro atoms. The number of hydrogen-bond acceptors (Lipinski definition) is 1. The number of rotatable bonds is 7. The molecule has 1 atom stereocenters. The molecule has 2 N–H and O–H groups in total. The summed E-state index contributed by atoms with van der Waals surface area (Å²) < 4.78 is 0. The third kappa shape index (κ3) is 8.35. The SMILES string of the molecule is CCCCCCC(CC)CN.Cl. The van der Waals surface area contributed by atoms with Gasteiger partial charge in [0.2, 0.25) is 0 Å². The van der Waals surface area contributed by atoms with Gasteiger partial charge in [-0.2, -0.15) is 0 Å². The van der Waals surface area contributed by atoms with E-state index in [0.29, 0.717) is 0 Å². The van der Waals surface area contributed by atoms with Crippen molar-refractivity contribution in [2.45, 2.75) is 52.4 Å². The Kier molecular flexibility index (Phi) is 13.8. The van der Waals surface area contributed by atoms with Crippen molar-refractivity contribution in [3.05, 3.63) is 0 Å². The van der Waals surface area contributed by atoms with Crippen LogP contribution in [-0.4, -0.2) is 6.54 Å². The molecule has 0 fully saturated rings. The van der Waals surface area contributed by atoms with E-state index in [-0.39, 0.29) is 12.4 Å². The minimum Gasteiger partial charge on any atom is -0.330 e. The van der Waals surface area contributed by atoms with Crippen LogP contribution in [0.15, 0.2) is 0 Å². The molecule has 1 nitrogen and oxygen atoms in total. The van der Waals surface area contributed by atoms with Crippen molar-refractivity contribution in [2.75, 3.05) is 6.54 Å². The summed E-state index contributed by atoms with van der Waals surface area (Å²) in [5.74, 6) is 0.784. The van der Waals surface area contributed by atoms with Crippen molar-refractivity contribution in [3.63, 3.8) is 0 Å². The Morgan fingerprint density at radius 1 is 1.08 bits per heavy atom. The Bertz CT molecular complexity index is 72.2. The summed E-state index contributed by atoms with van der Waals surface area (Å²) >= 11 is 0. The topological polar surface area (TPSA) is 26.0 Å². The molecule has 2 heteroatoms. The highest BCUT2D eigenvalue weighted by atomic mass is 35.5. The predicted octanol–water partition coefficient (Wildman–Crippen LogP) is 3.36. The summed E-state index contributed by atoms with van der Waals surface area (Å²) in [5.41, 5.74) is 5.60. The van der Waals surface area contributed by atoms with Gasteiger partial charge in [0.05, 0.1) is 0 Å². The molecule has 0 aliphatic heterocycles. The number of nitrogens with two attached hydrogens (primary N) is 1. The zero-order valence-electron chi connectivity index (χ0n) is 8.51. The molecule has 0 aromatic rings. The smallest absolute Gasteiger partial charge is 0.00490 e. The van der Waals surface area contributed by atoms with Crippen LogP contribution < -0.4 is 5.73 Å². The van der Waals surface area contributed by atoms with Gasteiger partial charge in [-0.25, -0.2) is 0 Å². The predicted molar refractivity (Wildman–Crippen MR) is 58.8 cm³/mol. The zero-order valence-corrected chi connectivity index (χ0v) is 9.33. The van der Waals surface area contributed by atoms with Crippen LogP contribution in [0.4, 0.5) is 0 Å². The molecule has 1 unspecified atom stereocenters. The lowest BCUT2D eigenvalue weighted by Crippen LogP contribution is -2.12. The Labute approximate surface area is 83.5 Å². The van der Waals surface area contributed by atoms with E-state index in [1.807, 2.05) is 0 Å². The zero-order chi connectivity index (χ0) is 8.53. The average molecular weight is 194 g/mol. The van der Waals surface area contributed by atoms with Gasteiger partial charge >= 0.3 is 0 Å². The highest BCUT2D eigenvalue weighted by Gasteiger charge is 2.01. The lowest BCUT2D eigenvalue weighted by atomic mass is 9.99. The van der Waals surface area contributed by atoms with Crippen LogP contribution >= 0.6 is 12.4 Å². The molecular weight excluding hydrogens is 170 g/mol. The molecule has 0 saturated heterocycles. The molecular formula is C10H24ClN. The summed E-state index contributed by atoms with van der Waals surface area (Å²) in [6.45, 7) is 5.36. The molecule has 0 saturated carbocycles. The van der Waals surface area contributed by atoms with E-state index in [9.17, 15) is 0 Å². The van der Waals surface area contributed by atoms with Crippen LogP contribution in [0.5, 0.6) is 0 Å². The van der Waals surface area contributed by atoms with Crippen LogP contribution in [-0.2, 0) is 0 Å². The van der Waals surface area contributed by atoms with Crippen molar-refractivity contribution in [3.8, 4) is 0 Å². The van der Waals surface area contributed by atoms with Gasteiger partial charge in [-0.1, -0.05) is 46.0 Å². The van der Waals surface area contributed by atoms with E-state index in [4.69, 9.17) is 5.73 Å². The highest BCUT2D eigenvalue weighted by molar-refractivity contribution is 5.85. The van der Waals surface area contributed by atoms with Crippen molar-refractivity contribution >= 4 is 12.4 Å². The minimum atomic E-state index is 0. The standard InChI is InChI=1S/C10H23N.ClH/c1-3-5-6-7-8-10(4-2)9-11;/h10H,3-9,11H2,1-2H3;1H. The van der Waals surface area contributed by atoms with Gasteiger partial charge in [0.1, 0.15) is 0 Å². The first-order chi connectivity index (χ1) is 5.35. The van der Waals surface area contributed by atoms with Crippen LogP contribution in [0.25, 0.3) is 0 Å². The molecule has 0 rings (SSSR count). The van der Waals surface area contributed by atoms with Crippen molar-refractivity contribution in [1.29, 1.82) is 0 Å². The first-order valence-electron chi connectivity index (χ1n) is 5.05. The molecule has 0 aliphatic carbocycles. The van der Waals surface area contributed by atoms with Gasteiger partial charge in [-0.3, -0.25) is 0 Å². The molecule has 0 aliphatic rings. The summed E-state index contributed by atoms with van der Waals surface area (Å²) in [7, 11) is 0. The lowest BCUT2D eigenvalue weighted by molar-refractivity contribution is 0.450. The third-order valence-electron chi connectivity index (χ3n) is 2.38. The summed E-state index contributed by atoms with van der Waals surface area (Å²) in [6.07, 6.45) is 8.09. The lowest BCUT2D eigenvalue weighted by Gasteiger charge is -2.10. The van der Waals surface area contributed by atoms with E-state index in [1.54, 1.807) is 0 Å². The van der Waals surface area contributed by atoms with Gasteiger partial charge in [0, 0.05) is 0 Å². The maximum Gasteiger partial charge on any atom is -0.00490 e. The first kappa shape index (κ1) is 14.8. The Balaban J connectivity index is 0. The normalized spacial score (nSPS) is 12.2. The maximum absolute atomic E-state index is 5.60. The fraction of sp³-hybridized carbons (Fsp3) is 1.00. The monoisotopic (exact) mass is 193 g/mol. The summed E-state index contributed by atoms with van der Waals surface area (Å²) in [6, 6.07) is 0. The molecule has 0 amide bonds. The Morgan fingerprint density at radius 2 is 1.75 bits per heavy atom. The largest absolute Gasteiger partial charge is 0.330 e. The second kappa shape index (κ2) is 11.2. The molecule has 0 bridgehead atoms. The minimum absolute atomic E-state index is 0. The highest BCUT2D eigenvalue weighted by Crippen LogP contribution is 2.12. The van der Waals surface area contributed by atoms with Crippen LogP contribution in [0.3, 0.4) is 0 Å². The molecule has 0 radical (unpaired) electrons. The molecule has 76 valence electrons. The van der Waals surface area contributed by atoms with Crippen molar-refractivity contribution in [2.24, 2.45) is 11.7 Å². The van der Waals surface area contributed by atoms with Gasteiger partial charge in [0.15, 0.2) is 0 Å². The van der Waals surface area contributed by atoms with Crippen LogP contribution in [0.1, 0.15) is 52.4 Å². The fourth-order valence-corrected chi connectivity index (χ4v) is 1.35. The van der Waals surface area contributed by atoms with Gasteiger partial charge in [-0.05, 0) is 18.9 Å². The van der Waals surface area contributed by atoms with Crippen molar-refractivity contribution in [1.82, 2.24) is 0 Å². The number of halogens is 1. The van der Waals surface area contributed by atoms with Crippen LogP contribution in [0.2, 0.25) is 0 Å². The second-order valence-corrected chi connectivity index (χ2v) is 3.36. The van der Waals surface area contributed by atoms with E-state index in [1.165, 1.54) is 38.5 Å². The fourth-order valence-electron chi connectivity index (χ4n) is 1.35. The first-order valence-corrected chi connectivity index (χ1v) is 5.05. The molecule has 12 heavy (non-hydrogen) atoms. The molecule has 0 aromatic heterocycles. The summed E-state index contributed by atoms with van der Waals surface area (Å²) in [4.78, 5) is 0. The summed E-state index contributed by atoms with van der Waals surface area (Å²) in [5, 5.41) is 0. The maximum atomic E-state index is 5.60. The third-order valence-corrected chi connectivity index (χ3v) is 2.38. The van der Waals surface area contributed by atoms with Gasteiger partial charge < -0.3 is 5.73 Å². The van der Waals surface area contributed by atoms with Gasteiger partial charge in [0.25, 0.3) is 0 Å². The van der Waals surface area contributed by atoms with E-state index < -0.39 is 0 Å². The molecule has 0 aromatic carbocycles. The number of unbranched alkanes of at least 4 members (excludes halogenated alkanes) is 3.